The minimum atomic E-state index is -0.980. The molecular weight excluding hydrogens is 428 g/mol. The number of rotatable bonds is 8. The molecule has 1 saturated carbocycles. The van der Waals surface area contributed by atoms with Crippen molar-refractivity contribution in [3.8, 4) is 11.5 Å². The highest BCUT2D eigenvalue weighted by Crippen LogP contribution is 2.35. The summed E-state index contributed by atoms with van der Waals surface area (Å²) in [4.78, 5) is 12.8. The van der Waals surface area contributed by atoms with Crippen LogP contribution in [0.25, 0.3) is 0 Å². The molecule has 27 heavy (non-hydrogen) atoms. The minimum Gasteiger partial charge on any atom is -0.493 e. The average Bonchev–Trinajstić information content (AvgIpc) is 3.12. The highest BCUT2D eigenvalue weighted by molar-refractivity contribution is 9.10. The van der Waals surface area contributed by atoms with Crippen LogP contribution in [0.2, 0.25) is 0 Å². The Morgan fingerprint density at radius 3 is 2.63 bits per heavy atom. The second-order valence-corrected chi connectivity index (χ2v) is 8.86. The molecule has 1 aliphatic rings. The van der Waals surface area contributed by atoms with Crippen molar-refractivity contribution in [1.82, 2.24) is 0 Å². The molecule has 0 aromatic heterocycles. The zero-order valence-electron chi connectivity index (χ0n) is 15.2. The van der Waals surface area contributed by atoms with Crippen LogP contribution in [0, 0.1) is 12.8 Å². The fraction of sp³-hybridized carbons (Fsp3) is 0.381. The summed E-state index contributed by atoms with van der Waals surface area (Å²) in [7, 11) is 0. The first-order valence-electron chi connectivity index (χ1n) is 9.06. The zero-order valence-corrected chi connectivity index (χ0v) is 17.6. The lowest BCUT2D eigenvalue weighted by atomic mass is 10.1. The maximum Gasteiger partial charge on any atom is 0.341 e. The van der Waals surface area contributed by atoms with Crippen LogP contribution in [0.4, 0.5) is 0 Å². The van der Waals surface area contributed by atoms with Gasteiger partial charge in [-0.2, -0.15) is 0 Å². The molecule has 3 rings (SSSR count). The number of halogens is 1. The van der Waals surface area contributed by atoms with Gasteiger partial charge in [0.2, 0.25) is 0 Å². The van der Waals surface area contributed by atoms with E-state index in [1.54, 1.807) is 11.8 Å². The van der Waals surface area contributed by atoms with Crippen molar-refractivity contribution in [3.63, 3.8) is 0 Å². The van der Waals surface area contributed by atoms with E-state index < -0.39 is 5.97 Å². The lowest BCUT2D eigenvalue weighted by molar-refractivity contribution is -0.139. The molecule has 0 bridgehead atoms. The molecule has 144 valence electrons. The van der Waals surface area contributed by atoms with Crippen LogP contribution in [0.1, 0.15) is 31.2 Å². The van der Waals surface area contributed by atoms with Crippen LogP contribution in [0.5, 0.6) is 11.5 Å². The largest absolute Gasteiger partial charge is 0.493 e. The molecule has 0 aliphatic heterocycles. The Hall–Kier alpha value is -1.66. The highest BCUT2D eigenvalue weighted by Gasteiger charge is 2.16. The Labute approximate surface area is 172 Å². The average molecular weight is 451 g/mol. The van der Waals surface area contributed by atoms with Gasteiger partial charge in [0.1, 0.15) is 11.5 Å². The molecular formula is C21H23BrO4S. The third-order valence-electron chi connectivity index (χ3n) is 4.54. The molecule has 0 saturated heterocycles. The van der Waals surface area contributed by atoms with Crippen molar-refractivity contribution in [3.05, 3.63) is 46.4 Å². The summed E-state index contributed by atoms with van der Waals surface area (Å²) >= 11 is 5.21. The van der Waals surface area contributed by atoms with Gasteiger partial charge in [0.05, 0.1) is 6.61 Å². The Morgan fingerprint density at radius 1 is 1.15 bits per heavy atom. The van der Waals surface area contributed by atoms with Crippen LogP contribution in [-0.2, 0) is 4.79 Å². The van der Waals surface area contributed by atoms with Gasteiger partial charge < -0.3 is 14.6 Å². The number of hydrogen-bond acceptors (Lipinski definition) is 4. The van der Waals surface area contributed by atoms with Gasteiger partial charge in [-0.15, -0.1) is 0 Å². The van der Waals surface area contributed by atoms with E-state index in [9.17, 15) is 4.79 Å². The standard InChI is InChI=1S/C21H23BrO4S/c1-14-8-18(6-7-20(14)26-13-21(23)24)27-19-10-16(22)9-17(11-19)25-12-15-4-2-3-5-15/h6-11,15H,2-5,12-13H2,1H3,(H,23,24). The third-order valence-corrected chi connectivity index (χ3v) is 5.96. The Morgan fingerprint density at radius 2 is 1.93 bits per heavy atom. The lowest BCUT2D eigenvalue weighted by Gasteiger charge is -2.13. The van der Waals surface area contributed by atoms with Gasteiger partial charge in [-0.25, -0.2) is 4.79 Å². The first-order valence-corrected chi connectivity index (χ1v) is 10.7. The minimum absolute atomic E-state index is 0.333. The number of carboxylic acid groups (broad SMARTS) is 1. The third kappa shape index (κ3) is 6.18. The lowest BCUT2D eigenvalue weighted by Crippen LogP contribution is -2.09. The number of benzene rings is 2. The molecule has 0 radical (unpaired) electrons. The molecule has 0 atom stereocenters. The van der Waals surface area contributed by atoms with Gasteiger partial charge in [0.25, 0.3) is 0 Å². The summed E-state index contributed by atoms with van der Waals surface area (Å²) in [5.41, 5.74) is 0.911. The fourth-order valence-corrected chi connectivity index (χ4v) is 4.82. The Kier molecular flexibility index (Phi) is 7.07. The SMILES string of the molecule is Cc1cc(Sc2cc(Br)cc(OCC3CCCC3)c2)ccc1OCC(=O)O. The van der Waals surface area contributed by atoms with E-state index in [0.717, 1.165) is 32.2 Å². The van der Waals surface area contributed by atoms with Gasteiger partial charge in [0, 0.05) is 14.3 Å². The topological polar surface area (TPSA) is 55.8 Å². The second-order valence-electron chi connectivity index (χ2n) is 6.80. The van der Waals surface area contributed by atoms with E-state index in [-0.39, 0.29) is 6.61 Å². The zero-order chi connectivity index (χ0) is 19.2. The maximum atomic E-state index is 10.6. The predicted molar refractivity (Wildman–Crippen MR) is 110 cm³/mol. The van der Waals surface area contributed by atoms with Gasteiger partial charge in [0.15, 0.2) is 6.61 Å². The van der Waals surface area contributed by atoms with E-state index in [4.69, 9.17) is 14.6 Å². The molecule has 1 fully saturated rings. The predicted octanol–water partition coefficient (Wildman–Crippen LogP) is 5.94. The molecule has 0 spiro atoms. The number of carbonyl (C=O) groups is 1. The van der Waals surface area contributed by atoms with Crippen LogP contribution in [-0.4, -0.2) is 24.3 Å². The smallest absolute Gasteiger partial charge is 0.341 e. The molecule has 0 heterocycles. The first-order chi connectivity index (χ1) is 13.0. The molecule has 1 aliphatic carbocycles. The van der Waals surface area contributed by atoms with E-state index >= 15 is 0 Å². The van der Waals surface area contributed by atoms with Crippen LogP contribution < -0.4 is 9.47 Å². The number of aryl methyl sites for hydroxylation is 1. The molecule has 0 unspecified atom stereocenters. The van der Waals surface area contributed by atoms with E-state index in [0.29, 0.717) is 11.7 Å². The van der Waals surface area contributed by atoms with E-state index in [1.165, 1.54) is 25.7 Å². The first kappa shape index (κ1) is 20.1. The number of carboxylic acids is 1. The summed E-state index contributed by atoms with van der Waals surface area (Å²) in [5.74, 6) is 1.18. The maximum absolute atomic E-state index is 10.6. The van der Waals surface area contributed by atoms with Gasteiger partial charge in [-0.1, -0.05) is 40.5 Å². The molecule has 1 N–H and O–H groups in total. The fourth-order valence-electron chi connectivity index (χ4n) is 3.19. The van der Waals surface area contributed by atoms with Crippen molar-refractivity contribution in [2.24, 2.45) is 5.92 Å². The molecule has 6 heteroatoms. The quantitative estimate of drug-likeness (QED) is 0.538. The molecule has 2 aromatic carbocycles. The van der Waals surface area contributed by atoms with Crippen molar-refractivity contribution in [2.45, 2.75) is 42.4 Å². The highest BCUT2D eigenvalue weighted by atomic mass is 79.9. The van der Waals surface area contributed by atoms with E-state index in [1.807, 2.05) is 31.2 Å². The van der Waals surface area contributed by atoms with Crippen molar-refractivity contribution >= 4 is 33.7 Å². The molecule has 4 nitrogen and oxygen atoms in total. The monoisotopic (exact) mass is 450 g/mol. The van der Waals surface area contributed by atoms with Crippen molar-refractivity contribution in [2.75, 3.05) is 13.2 Å². The van der Waals surface area contributed by atoms with Gasteiger partial charge >= 0.3 is 5.97 Å². The Bertz CT molecular complexity index is 803. The number of ether oxygens (including phenoxy) is 2. The van der Waals surface area contributed by atoms with Crippen molar-refractivity contribution in [1.29, 1.82) is 0 Å². The second kappa shape index (κ2) is 9.51. The van der Waals surface area contributed by atoms with Crippen LogP contribution in [0.3, 0.4) is 0 Å². The van der Waals surface area contributed by atoms with Crippen molar-refractivity contribution < 1.29 is 19.4 Å². The summed E-state index contributed by atoms with van der Waals surface area (Å²) < 4.78 is 12.3. The summed E-state index contributed by atoms with van der Waals surface area (Å²) in [6.07, 6.45) is 5.18. The molecule has 2 aromatic rings. The summed E-state index contributed by atoms with van der Waals surface area (Å²) in [5, 5.41) is 8.73. The van der Waals surface area contributed by atoms with Gasteiger partial charge in [-0.3, -0.25) is 0 Å². The normalized spacial score (nSPS) is 14.3. The summed E-state index contributed by atoms with van der Waals surface area (Å²) in [6.45, 7) is 2.37. The van der Waals surface area contributed by atoms with E-state index in [2.05, 4.69) is 28.1 Å². The Balaban J connectivity index is 1.65. The summed E-state index contributed by atoms with van der Waals surface area (Å²) in [6, 6.07) is 11.9. The molecule has 0 amide bonds. The number of hydrogen-bond donors (Lipinski definition) is 1. The van der Waals surface area contributed by atoms with Gasteiger partial charge in [-0.05, 0) is 67.6 Å². The number of aliphatic carboxylic acids is 1. The van der Waals surface area contributed by atoms with Crippen LogP contribution in [0.15, 0.2) is 50.7 Å². The van der Waals surface area contributed by atoms with Crippen LogP contribution >= 0.6 is 27.7 Å².